The quantitative estimate of drug-likeness (QED) is 0.679. The van der Waals surface area contributed by atoms with Crippen LogP contribution < -0.4 is 16.8 Å². The number of hydrogen-bond donors (Lipinski definition) is 3. The molecule has 0 saturated carbocycles. The molecule has 0 spiro atoms. The Morgan fingerprint density at radius 2 is 1.88 bits per heavy atom. The van der Waals surface area contributed by atoms with E-state index in [-0.39, 0.29) is 5.91 Å². The molecule has 1 aromatic heterocycles. The van der Waals surface area contributed by atoms with Gasteiger partial charge in [0.15, 0.2) is 0 Å². The fourth-order valence-corrected chi connectivity index (χ4v) is 1.37. The Morgan fingerprint density at radius 1 is 1.12 bits per heavy atom. The summed E-state index contributed by atoms with van der Waals surface area (Å²) in [5.41, 5.74) is 12.6. The van der Waals surface area contributed by atoms with Crippen molar-refractivity contribution in [2.75, 3.05) is 16.8 Å². The third-order valence-electron chi connectivity index (χ3n) is 2.23. The van der Waals surface area contributed by atoms with Crippen LogP contribution in [0, 0.1) is 0 Å². The van der Waals surface area contributed by atoms with Crippen molar-refractivity contribution >= 4 is 23.1 Å². The second-order valence-electron chi connectivity index (χ2n) is 3.52. The SMILES string of the molecule is Nc1ccc(NC(=O)c2ccccc2N)nc1. The Labute approximate surface area is 98.5 Å². The molecule has 0 saturated heterocycles. The lowest BCUT2D eigenvalue weighted by Crippen LogP contribution is -2.14. The van der Waals surface area contributed by atoms with E-state index in [9.17, 15) is 4.79 Å². The van der Waals surface area contributed by atoms with Crippen molar-refractivity contribution in [3.05, 3.63) is 48.2 Å². The first kappa shape index (κ1) is 10.9. The van der Waals surface area contributed by atoms with E-state index in [0.717, 1.165) is 0 Å². The molecule has 0 fully saturated rings. The largest absolute Gasteiger partial charge is 0.398 e. The number of rotatable bonds is 2. The van der Waals surface area contributed by atoms with Gasteiger partial charge in [-0.2, -0.15) is 0 Å². The highest BCUT2D eigenvalue weighted by Gasteiger charge is 2.09. The summed E-state index contributed by atoms with van der Waals surface area (Å²) >= 11 is 0. The number of aromatic nitrogens is 1. The number of carbonyl (C=O) groups excluding carboxylic acids is 1. The van der Waals surface area contributed by atoms with Gasteiger partial charge in [-0.25, -0.2) is 4.98 Å². The molecular weight excluding hydrogens is 216 g/mol. The standard InChI is InChI=1S/C12H12N4O/c13-8-5-6-11(15-7-8)16-12(17)9-3-1-2-4-10(9)14/h1-7H,13-14H2,(H,15,16,17). The number of nitrogens with two attached hydrogens (primary N) is 2. The predicted octanol–water partition coefficient (Wildman–Crippen LogP) is 1.50. The topological polar surface area (TPSA) is 94.0 Å². The van der Waals surface area contributed by atoms with E-state index in [1.54, 1.807) is 36.4 Å². The number of benzene rings is 1. The lowest BCUT2D eigenvalue weighted by molar-refractivity contribution is 0.102. The fraction of sp³-hybridized carbons (Fsp3) is 0. The van der Waals surface area contributed by atoms with E-state index in [1.165, 1.54) is 6.20 Å². The van der Waals surface area contributed by atoms with Gasteiger partial charge in [-0.05, 0) is 24.3 Å². The first-order chi connectivity index (χ1) is 8.16. The van der Waals surface area contributed by atoms with E-state index in [1.807, 2.05) is 0 Å². The van der Waals surface area contributed by atoms with E-state index < -0.39 is 0 Å². The highest BCUT2D eigenvalue weighted by molar-refractivity contribution is 6.07. The van der Waals surface area contributed by atoms with Gasteiger partial charge in [0.1, 0.15) is 5.82 Å². The molecule has 1 aromatic carbocycles. The van der Waals surface area contributed by atoms with Crippen LogP contribution in [0.2, 0.25) is 0 Å². The summed E-state index contributed by atoms with van der Waals surface area (Å²) in [6.45, 7) is 0. The number of carbonyl (C=O) groups is 1. The van der Waals surface area contributed by atoms with E-state index in [0.29, 0.717) is 22.8 Å². The number of anilines is 3. The van der Waals surface area contributed by atoms with Crippen LogP contribution in [0.4, 0.5) is 17.2 Å². The van der Waals surface area contributed by atoms with Crippen molar-refractivity contribution in [2.45, 2.75) is 0 Å². The zero-order valence-electron chi connectivity index (χ0n) is 9.05. The molecule has 0 radical (unpaired) electrons. The molecular formula is C12H12N4O. The summed E-state index contributed by atoms with van der Waals surface area (Å²) in [5.74, 6) is 0.146. The number of nitrogen functional groups attached to an aromatic ring is 2. The molecule has 0 aliphatic heterocycles. The number of nitrogens with zero attached hydrogens (tertiary/aromatic N) is 1. The molecule has 0 bridgehead atoms. The van der Waals surface area contributed by atoms with Crippen LogP contribution in [0.5, 0.6) is 0 Å². The Hall–Kier alpha value is -2.56. The summed E-state index contributed by atoms with van der Waals surface area (Å²) in [5, 5.41) is 2.64. The molecule has 5 N–H and O–H groups in total. The third-order valence-corrected chi connectivity index (χ3v) is 2.23. The monoisotopic (exact) mass is 228 g/mol. The molecule has 1 heterocycles. The lowest BCUT2D eigenvalue weighted by atomic mass is 10.1. The molecule has 5 heteroatoms. The van der Waals surface area contributed by atoms with Crippen LogP contribution in [0.25, 0.3) is 0 Å². The van der Waals surface area contributed by atoms with Crippen molar-refractivity contribution in [3.8, 4) is 0 Å². The highest BCUT2D eigenvalue weighted by Crippen LogP contribution is 2.13. The van der Waals surface area contributed by atoms with Crippen LogP contribution in [-0.2, 0) is 0 Å². The van der Waals surface area contributed by atoms with E-state index in [4.69, 9.17) is 11.5 Å². The van der Waals surface area contributed by atoms with Gasteiger partial charge >= 0.3 is 0 Å². The van der Waals surface area contributed by atoms with E-state index in [2.05, 4.69) is 10.3 Å². The van der Waals surface area contributed by atoms with Crippen molar-refractivity contribution < 1.29 is 4.79 Å². The fourth-order valence-electron chi connectivity index (χ4n) is 1.37. The van der Waals surface area contributed by atoms with E-state index >= 15 is 0 Å². The first-order valence-corrected chi connectivity index (χ1v) is 5.04. The minimum absolute atomic E-state index is 0.291. The molecule has 2 rings (SSSR count). The summed E-state index contributed by atoms with van der Waals surface area (Å²) in [6.07, 6.45) is 1.48. The average molecular weight is 228 g/mol. The van der Waals surface area contributed by atoms with Crippen molar-refractivity contribution in [1.82, 2.24) is 4.98 Å². The zero-order chi connectivity index (χ0) is 12.3. The van der Waals surface area contributed by atoms with Gasteiger partial charge in [0.2, 0.25) is 0 Å². The number of hydrogen-bond acceptors (Lipinski definition) is 4. The second kappa shape index (κ2) is 4.52. The molecule has 1 amide bonds. The van der Waals surface area contributed by atoms with Gasteiger partial charge in [0.05, 0.1) is 17.4 Å². The van der Waals surface area contributed by atoms with Crippen molar-refractivity contribution in [2.24, 2.45) is 0 Å². The maximum Gasteiger partial charge on any atom is 0.258 e. The van der Waals surface area contributed by atoms with Crippen LogP contribution in [0.15, 0.2) is 42.6 Å². The second-order valence-corrected chi connectivity index (χ2v) is 3.52. The number of pyridine rings is 1. The minimum Gasteiger partial charge on any atom is -0.398 e. The maximum absolute atomic E-state index is 11.9. The van der Waals surface area contributed by atoms with Gasteiger partial charge in [0, 0.05) is 5.69 Å². The molecule has 0 unspecified atom stereocenters. The van der Waals surface area contributed by atoms with Gasteiger partial charge in [0.25, 0.3) is 5.91 Å². The Bertz CT molecular complexity index is 536. The summed E-state index contributed by atoms with van der Waals surface area (Å²) in [7, 11) is 0. The average Bonchev–Trinajstić information content (AvgIpc) is 2.32. The van der Waals surface area contributed by atoms with Crippen LogP contribution >= 0.6 is 0 Å². The Morgan fingerprint density at radius 3 is 2.53 bits per heavy atom. The molecule has 0 aliphatic rings. The maximum atomic E-state index is 11.9. The van der Waals surface area contributed by atoms with Gasteiger partial charge in [-0.3, -0.25) is 4.79 Å². The summed E-state index contributed by atoms with van der Waals surface area (Å²) in [4.78, 5) is 15.8. The van der Waals surface area contributed by atoms with Crippen LogP contribution in [0.1, 0.15) is 10.4 Å². The molecule has 0 aliphatic carbocycles. The Kier molecular flexibility index (Phi) is 2.91. The normalized spacial score (nSPS) is 9.88. The first-order valence-electron chi connectivity index (χ1n) is 5.04. The van der Waals surface area contributed by atoms with Gasteiger partial charge in [-0.1, -0.05) is 12.1 Å². The number of amides is 1. The molecule has 17 heavy (non-hydrogen) atoms. The van der Waals surface area contributed by atoms with Crippen LogP contribution in [0.3, 0.4) is 0 Å². The summed E-state index contributed by atoms with van der Waals surface area (Å²) in [6, 6.07) is 10.1. The molecule has 86 valence electrons. The van der Waals surface area contributed by atoms with Crippen molar-refractivity contribution in [1.29, 1.82) is 0 Å². The number of nitrogens with one attached hydrogen (secondary N) is 1. The zero-order valence-corrected chi connectivity index (χ0v) is 9.05. The molecule has 2 aromatic rings. The molecule has 0 atom stereocenters. The molecule has 5 nitrogen and oxygen atoms in total. The Balaban J connectivity index is 2.17. The van der Waals surface area contributed by atoms with Gasteiger partial charge < -0.3 is 16.8 Å². The van der Waals surface area contributed by atoms with Crippen LogP contribution in [-0.4, -0.2) is 10.9 Å². The number of para-hydroxylation sites is 1. The smallest absolute Gasteiger partial charge is 0.258 e. The van der Waals surface area contributed by atoms with Gasteiger partial charge in [-0.15, -0.1) is 0 Å². The predicted molar refractivity (Wildman–Crippen MR) is 67.5 cm³/mol. The summed E-state index contributed by atoms with van der Waals surface area (Å²) < 4.78 is 0. The van der Waals surface area contributed by atoms with Crippen molar-refractivity contribution in [3.63, 3.8) is 0 Å². The highest BCUT2D eigenvalue weighted by atomic mass is 16.1. The minimum atomic E-state index is -0.291. The lowest BCUT2D eigenvalue weighted by Gasteiger charge is -2.06. The third kappa shape index (κ3) is 2.52.